The zero-order valence-electron chi connectivity index (χ0n) is 30.3. The molecule has 0 amide bonds. The van der Waals surface area contributed by atoms with Gasteiger partial charge >= 0.3 is 0 Å². The van der Waals surface area contributed by atoms with Crippen molar-refractivity contribution in [3.05, 3.63) is 199 Å². The molecule has 55 heavy (non-hydrogen) atoms. The lowest BCUT2D eigenvalue weighted by atomic mass is 9.79. The highest BCUT2D eigenvalue weighted by molar-refractivity contribution is 6.22. The van der Waals surface area contributed by atoms with E-state index in [-0.39, 0.29) is 0 Å². The van der Waals surface area contributed by atoms with Gasteiger partial charge in [0.25, 0.3) is 0 Å². The van der Waals surface area contributed by atoms with Crippen LogP contribution >= 0.6 is 0 Å². The van der Waals surface area contributed by atoms with Crippen molar-refractivity contribution < 1.29 is 4.42 Å². The van der Waals surface area contributed by atoms with Crippen LogP contribution in [-0.2, 0) is 6.42 Å². The van der Waals surface area contributed by atoms with Gasteiger partial charge in [-0.25, -0.2) is 0 Å². The molecular weight excluding hydrogens is 665 g/mol. The summed E-state index contributed by atoms with van der Waals surface area (Å²) in [5.74, 6) is 0. The Balaban J connectivity index is 1.21. The van der Waals surface area contributed by atoms with E-state index in [0.29, 0.717) is 0 Å². The highest BCUT2D eigenvalue weighted by Gasteiger charge is 2.25. The molecule has 0 aliphatic heterocycles. The average molecular weight is 701 g/mol. The fraction of sp³-hybridized carbons (Fsp3) is 0.0370. The van der Waals surface area contributed by atoms with Crippen LogP contribution in [0.15, 0.2) is 192 Å². The van der Waals surface area contributed by atoms with Gasteiger partial charge in [-0.05, 0) is 114 Å². The first-order chi connectivity index (χ1) is 27.3. The molecule has 11 rings (SSSR count). The molecular formula is C54H36O. The molecule has 1 heteroatoms. The summed E-state index contributed by atoms with van der Waals surface area (Å²) in [7, 11) is 0. The maximum Gasteiger partial charge on any atom is 0.136 e. The Morgan fingerprint density at radius 3 is 1.65 bits per heavy atom. The van der Waals surface area contributed by atoms with Gasteiger partial charge in [-0.3, -0.25) is 0 Å². The first kappa shape index (κ1) is 31.6. The Kier molecular flexibility index (Phi) is 7.38. The van der Waals surface area contributed by atoms with Gasteiger partial charge < -0.3 is 4.42 Å². The predicted molar refractivity (Wildman–Crippen MR) is 233 cm³/mol. The van der Waals surface area contributed by atoms with Crippen molar-refractivity contribution >= 4 is 49.6 Å². The van der Waals surface area contributed by atoms with Crippen LogP contribution in [0.4, 0.5) is 0 Å². The third-order valence-electron chi connectivity index (χ3n) is 11.6. The lowest BCUT2D eigenvalue weighted by Crippen LogP contribution is -2.02. The van der Waals surface area contributed by atoms with Crippen LogP contribution in [0, 0.1) is 0 Å². The molecule has 10 aromatic rings. The number of allylic oxidation sites excluding steroid dienone is 1. The number of rotatable bonds is 5. The second kappa shape index (κ2) is 12.9. The second-order valence-corrected chi connectivity index (χ2v) is 14.6. The monoisotopic (exact) mass is 700 g/mol. The summed E-state index contributed by atoms with van der Waals surface area (Å²) in [4.78, 5) is 0. The first-order valence-corrected chi connectivity index (χ1v) is 19.2. The Hall–Kier alpha value is -6.96. The summed E-state index contributed by atoms with van der Waals surface area (Å²) in [6.07, 6.45) is 6.71. The third kappa shape index (κ3) is 5.08. The SMILES string of the molecule is C1=Cc2c(-c3c(-c4cccc(-c5ccccc5)c4)ccc4oc5ccccc5c34)ccc(-c3c4ccccc4c(-c4ccccc4)c4ccccc34)c2CC1. The van der Waals surface area contributed by atoms with Crippen LogP contribution in [0.3, 0.4) is 0 Å². The summed E-state index contributed by atoms with van der Waals surface area (Å²) in [6.45, 7) is 0. The largest absolute Gasteiger partial charge is 0.456 e. The van der Waals surface area contributed by atoms with E-state index in [1.54, 1.807) is 0 Å². The lowest BCUT2D eigenvalue weighted by molar-refractivity contribution is 0.669. The normalized spacial score (nSPS) is 12.5. The number of para-hydroxylation sites is 1. The standard InChI is InChI=1S/C54H36O/c1-3-16-35(17-4-1)37-20-15-21-38(34-37)39-32-33-50-54(48-28-13-14-29-49(48)55-50)53(39)47-31-30-46(40-22-7-8-23-41(40)47)52-44-26-11-9-24-42(44)51(36-18-5-2-6-19-36)43-25-10-12-27-45(43)52/h1-6,8-21,23-34H,7,22H2. The van der Waals surface area contributed by atoms with Gasteiger partial charge in [0.1, 0.15) is 11.2 Å². The topological polar surface area (TPSA) is 13.1 Å². The molecule has 1 aliphatic carbocycles. The van der Waals surface area contributed by atoms with Gasteiger partial charge in [0.15, 0.2) is 0 Å². The molecule has 0 bridgehead atoms. The van der Waals surface area contributed by atoms with Gasteiger partial charge in [-0.2, -0.15) is 0 Å². The van der Waals surface area contributed by atoms with Gasteiger partial charge in [0, 0.05) is 16.3 Å². The molecule has 0 atom stereocenters. The maximum atomic E-state index is 6.56. The van der Waals surface area contributed by atoms with Crippen molar-refractivity contribution in [2.45, 2.75) is 12.8 Å². The summed E-state index contributed by atoms with van der Waals surface area (Å²) >= 11 is 0. The number of fused-ring (bicyclic) bond motifs is 6. The van der Waals surface area contributed by atoms with Crippen molar-refractivity contribution in [1.29, 1.82) is 0 Å². The van der Waals surface area contributed by atoms with E-state index in [1.165, 1.54) is 88.3 Å². The van der Waals surface area contributed by atoms with Crippen molar-refractivity contribution in [3.63, 3.8) is 0 Å². The zero-order chi connectivity index (χ0) is 36.3. The molecule has 258 valence electrons. The quantitative estimate of drug-likeness (QED) is 0.163. The highest BCUT2D eigenvalue weighted by Crippen LogP contribution is 2.50. The first-order valence-electron chi connectivity index (χ1n) is 19.2. The van der Waals surface area contributed by atoms with Gasteiger partial charge in [0.05, 0.1) is 0 Å². The predicted octanol–water partition coefficient (Wildman–Crippen LogP) is 15.2. The molecule has 1 aromatic heterocycles. The van der Waals surface area contributed by atoms with E-state index in [9.17, 15) is 0 Å². The fourth-order valence-corrected chi connectivity index (χ4v) is 9.17. The molecule has 1 heterocycles. The summed E-state index contributed by atoms with van der Waals surface area (Å²) in [5.41, 5.74) is 16.9. The van der Waals surface area contributed by atoms with Crippen molar-refractivity contribution in [1.82, 2.24) is 0 Å². The van der Waals surface area contributed by atoms with Crippen LogP contribution in [0.2, 0.25) is 0 Å². The number of benzene rings is 9. The maximum absolute atomic E-state index is 6.56. The number of furan rings is 1. The molecule has 0 saturated heterocycles. The number of hydrogen-bond acceptors (Lipinski definition) is 1. The van der Waals surface area contributed by atoms with Crippen LogP contribution in [0.5, 0.6) is 0 Å². The van der Waals surface area contributed by atoms with Crippen molar-refractivity contribution in [2.24, 2.45) is 0 Å². The molecule has 0 radical (unpaired) electrons. The summed E-state index contributed by atoms with van der Waals surface area (Å²) in [6, 6.07) is 66.2. The zero-order valence-corrected chi connectivity index (χ0v) is 30.3. The van der Waals surface area contributed by atoms with E-state index in [0.717, 1.165) is 34.8 Å². The van der Waals surface area contributed by atoms with Crippen molar-refractivity contribution in [3.8, 4) is 55.6 Å². The van der Waals surface area contributed by atoms with Crippen LogP contribution in [0.25, 0.3) is 105 Å². The third-order valence-corrected chi connectivity index (χ3v) is 11.6. The van der Waals surface area contributed by atoms with Crippen LogP contribution in [-0.4, -0.2) is 0 Å². The molecule has 9 aromatic carbocycles. The molecule has 0 fully saturated rings. The van der Waals surface area contributed by atoms with Gasteiger partial charge in [-0.1, -0.05) is 176 Å². The van der Waals surface area contributed by atoms with Crippen LogP contribution < -0.4 is 0 Å². The Bertz CT molecular complexity index is 3070. The lowest BCUT2D eigenvalue weighted by Gasteiger charge is -2.24. The van der Waals surface area contributed by atoms with Gasteiger partial charge in [0.2, 0.25) is 0 Å². The van der Waals surface area contributed by atoms with Crippen molar-refractivity contribution in [2.75, 3.05) is 0 Å². The smallest absolute Gasteiger partial charge is 0.136 e. The van der Waals surface area contributed by atoms with E-state index < -0.39 is 0 Å². The Morgan fingerprint density at radius 1 is 0.364 bits per heavy atom. The molecule has 0 N–H and O–H groups in total. The summed E-state index contributed by atoms with van der Waals surface area (Å²) < 4.78 is 6.56. The highest BCUT2D eigenvalue weighted by atomic mass is 16.3. The minimum Gasteiger partial charge on any atom is -0.456 e. The van der Waals surface area contributed by atoms with Crippen LogP contribution in [0.1, 0.15) is 17.5 Å². The number of hydrogen-bond donors (Lipinski definition) is 0. The minimum absolute atomic E-state index is 0.908. The molecule has 0 spiro atoms. The molecule has 0 saturated carbocycles. The van der Waals surface area contributed by atoms with E-state index in [1.807, 2.05) is 0 Å². The van der Waals surface area contributed by atoms with E-state index >= 15 is 0 Å². The fourth-order valence-electron chi connectivity index (χ4n) is 9.17. The van der Waals surface area contributed by atoms with E-state index in [4.69, 9.17) is 4.42 Å². The van der Waals surface area contributed by atoms with E-state index in [2.05, 4.69) is 194 Å². The Labute approximate surface area is 320 Å². The molecule has 1 nitrogen and oxygen atoms in total. The minimum atomic E-state index is 0.908. The Morgan fingerprint density at radius 2 is 0.927 bits per heavy atom. The second-order valence-electron chi connectivity index (χ2n) is 14.6. The van der Waals surface area contributed by atoms with Gasteiger partial charge in [-0.15, -0.1) is 0 Å². The summed E-state index contributed by atoms with van der Waals surface area (Å²) in [5, 5.41) is 7.43. The average Bonchev–Trinajstić information content (AvgIpc) is 3.65. The molecule has 0 unspecified atom stereocenters. The molecule has 1 aliphatic rings.